The van der Waals surface area contributed by atoms with E-state index >= 15 is 0 Å². The van der Waals surface area contributed by atoms with E-state index in [1.54, 1.807) is 49.5 Å². The Bertz CT molecular complexity index is 2260. The quantitative estimate of drug-likeness (QED) is 0.0142. The van der Waals surface area contributed by atoms with Crippen LogP contribution in [0.2, 0.25) is 0 Å². The number of rotatable bonds is 26. The molecule has 1 saturated carbocycles. The van der Waals surface area contributed by atoms with Gasteiger partial charge in [0.1, 0.15) is 34.9 Å². The van der Waals surface area contributed by atoms with Crippen molar-refractivity contribution in [3.05, 3.63) is 132 Å². The lowest BCUT2D eigenvalue weighted by atomic mass is 10.1. The number of unbranched alkanes of at least 4 members (excludes halogenated alkanes) is 6. The SMILES string of the molecule is C=CC(=O)OCCCCCCOc1ccc(C2CC2Oc2ccc(OC(=O)c3ccc(OCCCCCCOC(=O)CC)cc3)c(/C=N/Nc3ccc4ccccc4n3)c2)cc1. The van der Waals surface area contributed by atoms with E-state index in [1.165, 1.54) is 11.6 Å². The van der Waals surface area contributed by atoms with Gasteiger partial charge in [-0.15, -0.1) is 0 Å². The fourth-order valence-corrected chi connectivity index (χ4v) is 6.59. The number of nitrogens with one attached hydrogen (secondary N) is 1. The molecule has 324 valence electrons. The minimum absolute atomic E-state index is 0.0107. The predicted molar refractivity (Wildman–Crippen MR) is 239 cm³/mol. The number of carbonyl (C=O) groups excluding carboxylic acids is 3. The molecular formula is C50H55N3O9. The van der Waals surface area contributed by atoms with Crippen molar-refractivity contribution in [1.82, 2.24) is 4.98 Å². The monoisotopic (exact) mass is 841 g/mol. The number of hydrogen-bond acceptors (Lipinski definition) is 12. The predicted octanol–water partition coefficient (Wildman–Crippen LogP) is 10.4. The van der Waals surface area contributed by atoms with E-state index in [-0.39, 0.29) is 24.0 Å². The van der Waals surface area contributed by atoms with Crippen molar-refractivity contribution < 1.29 is 42.8 Å². The lowest BCUT2D eigenvalue weighted by molar-refractivity contribution is -0.143. The first-order chi connectivity index (χ1) is 30.4. The first kappa shape index (κ1) is 44.9. The Kier molecular flexibility index (Phi) is 17.3. The van der Waals surface area contributed by atoms with E-state index in [1.807, 2.05) is 54.6 Å². The van der Waals surface area contributed by atoms with Crippen LogP contribution >= 0.6 is 0 Å². The molecule has 1 N–H and O–H groups in total. The Balaban J connectivity index is 1.01. The minimum atomic E-state index is -0.522. The number of nitrogens with zero attached hydrogens (tertiary/aromatic N) is 2. The molecule has 0 radical (unpaired) electrons. The van der Waals surface area contributed by atoms with E-state index in [0.717, 1.165) is 74.4 Å². The number of hydrazone groups is 1. The van der Waals surface area contributed by atoms with Crippen molar-refractivity contribution >= 4 is 40.8 Å². The third kappa shape index (κ3) is 14.5. The Morgan fingerprint density at radius 2 is 1.39 bits per heavy atom. The molecule has 0 aliphatic heterocycles. The molecule has 0 saturated heterocycles. The second-order valence-electron chi connectivity index (χ2n) is 14.9. The summed E-state index contributed by atoms with van der Waals surface area (Å²) in [4.78, 5) is 40.4. The molecule has 1 aliphatic carbocycles. The van der Waals surface area contributed by atoms with E-state index in [4.69, 9.17) is 28.4 Å². The third-order valence-electron chi connectivity index (χ3n) is 10.2. The molecule has 62 heavy (non-hydrogen) atoms. The van der Waals surface area contributed by atoms with E-state index in [0.29, 0.717) is 67.0 Å². The van der Waals surface area contributed by atoms with Crippen molar-refractivity contribution in [2.24, 2.45) is 5.10 Å². The molecule has 1 aliphatic rings. The summed E-state index contributed by atoms with van der Waals surface area (Å²) in [7, 11) is 0. The third-order valence-corrected chi connectivity index (χ3v) is 10.2. The van der Waals surface area contributed by atoms with E-state index in [2.05, 4.69) is 34.2 Å². The zero-order chi connectivity index (χ0) is 43.4. The highest BCUT2D eigenvalue weighted by molar-refractivity contribution is 5.93. The van der Waals surface area contributed by atoms with Gasteiger partial charge in [0.15, 0.2) is 0 Å². The smallest absolute Gasteiger partial charge is 0.343 e. The highest BCUT2D eigenvalue weighted by atomic mass is 16.5. The van der Waals surface area contributed by atoms with Gasteiger partial charge in [-0.1, -0.05) is 43.8 Å². The van der Waals surface area contributed by atoms with Crippen LogP contribution in [0.5, 0.6) is 23.0 Å². The Morgan fingerprint density at radius 3 is 2.08 bits per heavy atom. The fourth-order valence-electron chi connectivity index (χ4n) is 6.59. The Morgan fingerprint density at radius 1 is 0.742 bits per heavy atom. The molecule has 0 bridgehead atoms. The van der Waals surface area contributed by atoms with Crippen LogP contribution in [0.4, 0.5) is 5.82 Å². The van der Waals surface area contributed by atoms with Crippen LogP contribution in [0.3, 0.4) is 0 Å². The van der Waals surface area contributed by atoms with Crippen LogP contribution in [0.1, 0.15) is 98.5 Å². The van der Waals surface area contributed by atoms with Crippen LogP contribution < -0.4 is 24.4 Å². The maximum Gasteiger partial charge on any atom is 0.343 e. The van der Waals surface area contributed by atoms with Gasteiger partial charge >= 0.3 is 17.9 Å². The number of para-hydroxylation sites is 1. The van der Waals surface area contributed by atoms with Crippen LogP contribution in [0, 0.1) is 0 Å². The lowest BCUT2D eigenvalue weighted by Crippen LogP contribution is -2.10. The first-order valence-corrected chi connectivity index (χ1v) is 21.5. The second kappa shape index (κ2) is 23.9. The van der Waals surface area contributed by atoms with Crippen molar-refractivity contribution in [3.8, 4) is 23.0 Å². The summed E-state index contributed by atoms with van der Waals surface area (Å²) in [5.74, 6) is 2.17. The van der Waals surface area contributed by atoms with E-state index in [9.17, 15) is 14.4 Å². The summed E-state index contributed by atoms with van der Waals surface area (Å²) >= 11 is 0. The van der Waals surface area contributed by atoms with Gasteiger partial charge < -0.3 is 28.4 Å². The number of hydrogen-bond donors (Lipinski definition) is 1. The molecule has 0 amide bonds. The molecule has 12 nitrogen and oxygen atoms in total. The molecular weight excluding hydrogens is 787 g/mol. The summed E-state index contributed by atoms with van der Waals surface area (Å²) in [6.07, 6.45) is 11.4. The van der Waals surface area contributed by atoms with Gasteiger partial charge in [-0.05, 0) is 136 Å². The van der Waals surface area contributed by atoms with Gasteiger partial charge in [0.2, 0.25) is 0 Å². The molecule has 6 rings (SSSR count). The largest absolute Gasteiger partial charge is 0.494 e. The van der Waals surface area contributed by atoms with Crippen LogP contribution in [-0.4, -0.2) is 61.6 Å². The highest BCUT2D eigenvalue weighted by Gasteiger charge is 2.41. The molecule has 1 aromatic heterocycles. The normalized spacial score (nSPS) is 14.2. The van der Waals surface area contributed by atoms with Crippen molar-refractivity contribution in [3.63, 3.8) is 0 Å². The summed E-state index contributed by atoms with van der Waals surface area (Å²) in [6.45, 7) is 7.22. The van der Waals surface area contributed by atoms with E-state index < -0.39 is 5.97 Å². The van der Waals surface area contributed by atoms with Crippen LogP contribution in [0.15, 0.2) is 121 Å². The number of anilines is 1. The number of esters is 3. The van der Waals surface area contributed by atoms with Gasteiger partial charge in [0, 0.05) is 29.4 Å². The number of carbonyl (C=O) groups is 3. The fraction of sp³-hybridized carbons (Fsp3) is 0.340. The zero-order valence-corrected chi connectivity index (χ0v) is 35.3. The summed E-state index contributed by atoms with van der Waals surface area (Å²) in [5.41, 5.74) is 5.93. The topological polar surface area (TPSA) is 144 Å². The number of ether oxygens (including phenoxy) is 6. The molecule has 1 fully saturated rings. The molecule has 4 aromatic carbocycles. The average Bonchev–Trinajstić information content (AvgIpc) is 4.07. The standard InChI is InChI=1S/C50H55N3O9/c1-3-48(54)59-31-13-7-5-11-29-57-40-22-17-36(18-23-40)43-34-46(43)61-42-26-27-45(39(33-42)35-51-53-47-28-21-37-15-9-10-16-44(37)52-47)62-50(56)38-19-24-41(25-20-38)58-30-12-6-8-14-32-60-49(55)4-2/h3,9-10,15-28,33,35,43,46H,1,4-8,11-14,29-32,34H2,2H3,(H,52,53)/b51-35+. The van der Waals surface area contributed by atoms with Crippen LogP contribution in [0.25, 0.3) is 10.9 Å². The Labute approximate surface area is 363 Å². The van der Waals surface area contributed by atoms with Crippen LogP contribution in [-0.2, 0) is 19.1 Å². The number of benzene rings is 4. The summed E-state index contributed by atoms with van der Waals surface area (Å²) in [6, 6.07) is 32.0. The number of aromatic nitrogens is 1. The number of fused-ring (bicyclic) bond motifs is 1. The number of pyridine rings is 1. The summed E-state index contributed by atoms with van der Waals surface area (Å²) < 4.78 is 34.3. The van der Waals surface area contributed by atoms with Gasteiger partial charge in [0.05, 0.1) is 43.7 Å². The minimum Gasteiger partial charge on any atom is -0.494 e. The summed E-state index contributed by atoms with van der Waals surface area (Å²) in [5, 5.41) is 5.47. The Hall–Kier alpha value is -6.69. The van der Waals surface area contributed by atoms with Crippen molar-refractivity contribution in [1.29, 1.82) is 0 Å². The molecule has 1 heterocycles. The average molecular weight is 842 g/mol. The van der Waals surface area contributed by atoms with Gasteiger partial charge in [-0.3, -0.25) is 10.2 Å². The molecule has 2 unspecified atom stereocenters. The van der Waals surface area contributed by atoms with Crippen molar-refractivity contribution in [2.75, 3.05) is 31.9 Å². The van der Waals surface area contributed by atoms with Gasteiger partial charge in [-0.2, -0.15) is 5.10 Å². The van der Waals surface area contributed by atoms with Crippen molar-refractivity contribution in [2.45, 2.75) is 83.2 Å². The second-order valence-corrected chi connectivity index (χ2v) is 14.9. The van der Waals surface area contributed by atoms with Gasteiger partial charge in [0.25, 0.3) is 0 Å². The molecule has 0 spiro atoms. The highest BCUT2D eigenvalue weighted by Crippen LogP contribution is 2.44. The lowest BCUT2D eigenvalue weighted by Gasteiger charge is -2.12. The molecule has 12 heteroatoms. The maximum absolute atomic E-state index is 13.4. The molecule has 5 aromatic rings. The maximum atomic E-state index is 13.4. The molecule has 2 atom stereocenters. The zero-order valence-electron chi connectivity index (χ0n) is 35.3. The first-order valence-electron chi connectivity index (χ1n) is 21.5. The van der Waals surface area contributed by atoms with Gasteiger partial charge in [-0.25, -0.2) is 14.6 Å².